The molecule has 5 nitrogen and oxygen atoms in total. The molecule has 0 N–H and O–H groups in total. The van der Waals surface area contributed by atoms with E-state index < -0.39 is 10.0 Å². The number of nitrogens with zero attached hydrogens (tertiary/aromatic N) is 2. The van der Waals surface area contributed by atoms with Gasteiger partial charge in [-0.05, 0) is 50.6 Å². The van der Waals surface area contributed by atoms with Crippen LogP contribution in [0.5, 0.6) is 5.75 Å². The summed E-state index contributed by atoms with van der Waals surface area (Å²) in [6, 6.07) is 14.4. The van der Waals surface area contributed by atoms with Crippen LogP contribution in [0.1, 0.15) is 18.4 Å². The second kappa shape index (κ2) is 7.02. The predicted molar refractivity (Wildman–Crippen MR) is 107 cm³/mol. The van der Waals surface area contributed by atoms with Gasteiger partial charge in [-0.3, -0.25) is 0 Å². The Morgan fingerprint density at radius 2 is 1.78 bits per heavy atom. The first-order valence-corrected chi connectivity index (χ1v) is 10.7. The van der Waals surface area contributed by atoms with E-state index in [1.54, 1.807) is 18.3 Å². The summed E-state index contributed by atoms with van der Waals surface area (Å²) in [5.41, 5.74) is 1.63. The Morgan fingerprint density at radius 1 is 1.04 bits per heavy atom. The van der Waals surface area contributed by atoms with Gasteiger partial charge in [0.1, 0.15) is 11.9 Å². The van der Waals surface area contributed by atoms with Crippen molar-refractivity contribution in [2.75, 3.05) is 20.1 Å². The van der Waals surface area contributed by atoms with Crippen LogP contribution in [-0.4, -0.2) is 43.5 Å². The Morgan fingerprint density at radius 3 is 2.56 bits per heavy atom. The Kier molecular flexibility index (Phi) is 4.70. The fourth-order valence-electron chi connectivity index (χ4n) is 3.53. The number of hydrogen-bond acceptors (Lipinski definition) is 4. The molecule has 0 radical (unpaired) electrons. The largest absolute Gasteiger partial charge is 0.490 e. The van der Waals surface area contributed by atoms with Gasteiger partial charge in [0.2, 0.25) is 0 Å². The molecule has 0 unspecified atom stereocenters. The van der Waals surface area contributed by atoms with Crippen LogP contribution in [0, 0.1) is 6.92 Å². The lowest BCUT2D eigenvalue weighted by Gasteiger charge is -2.29. The van der Waals surface area contributed by atoms with Crippen molar-refractivity contribution in [2.24, 2.45) is 0 Å². The molecule has 1 aliphatic rings. The minimum atomic E-state index is -3.68. The third kappa shape index (κ3) is 3.47. The van der Waals surface area contributed by atoms with E-state index in [1.807, 2.05) is 43.3 Å². The second-order valence-electron chi connectivity index (χ2n) is 7.22. The number of aryl methyl sites for hydroxylation is 1. The number of benzene rings is 2. The Bertz CT molecular complexity index is 1060. The maximum Gasteiger partial charge on any atom is 0.268 e. The molecular weight excluding hydrogens is 360 g/mol. The minimum absolute atomic E-state index is 0.130. The summed E-state index contributed by atoms with van der Waals surface area (Å²) < 4.78 is 33.9. The third-order valence-electron chi connectivity index (χ3n) is 5.24. The molecule has 2 aromatic carbocycles. The van der Waals surface area contributed by atoms with Crippen molar-refractivity contribution in [1.82, 2.24) is 8.87 Å². The maximum absolute atomic E-state index is 13.2. The van der Waals surface area contributed by atoms with Crippen molar-refractivity contribution < 1.29 is 13.2 Å². The van der Waals surface area contributed by atoms with Crippen LogP contribution in [0.15, 0.2) is 59.6 Å². The van der Waals surface area contributed by atoms with E-state index in [0.717, 1.165) is 36.9 Å². The molecule has 142 valence electrons. The summed E-state index contributed by atoms with van der Waals surface area (Å²) in [5.74, 6) is 0.655. The van der Waals surface area contributed by atoms with Crippen molar-refractivity contribution in [2.45, 2.75) is 30.8 Å². The van der Waals surface area contributed by atoms with E-state index in [2.05, 4.69) is 11.9 Å². The molecule has 1 fully saturated rings. The Labute approximate surface area is 160 Å². The fourth-order valence-corrected chi connectivity index (χ4v) is 4.90. The van der Waals surface area contributed by atoms with E-state index in [0.29, 0.717) is 11.3 Å². The van der Waals surface area contributed by atoms with E-state index >= 15 is 0 Å². The highest BCUT2D eigenvalue weighted by atomic mass is 32.2. The molecular formula is C21H24N2O3S. The summed E-state index contributed by atoms with van der Waals surface area (Å²) >= 11 is 0. The highest BCUT2D eigenvalue weighted by molar-refractivity contribution is 7.90. The van der Waals surface area contributed by atoms with Gasteiger partial charge in [-0.2, -0.15) is 0 Å². The highest BCUT2D eigenvalue weighted by Crippen LogP contribution is 2.28. The van der Waals surface area contributed by atoms with Gasteiger partial charge >= 0.3 is 0 Å². The predicted octanol–water partition coefficient (Wildman–Crippen LogP) is 3.66. The van der Waals surface area contributed by atoms with Gasteiger partial charge in [0.05, 0.1) is 10.4 Å². The summed E-state index contributed by atoms with van der Waals surface area (Å²) in [6.07, 6.45) is 3.65. The van der Waals surface area contributed by atoms with E-state index in [1.165, 1.54) is 3.97 Å². The number of piperidine rings is 1. The zero-order valence-electron chi connectivity index (χ0n) is 15.6. The van der Waals surface area contributed by atoms with Crippen molar-refractivity contribution in [3.63, 3.8) is 0 Å². The van der Waals surface area contributed by atoms with Crippen molar-refractivity contribution >= 4 is 20.9 Å². The molecule has 1 aromatic heterocycles. The van der Waals surface area contributed by atoms with Crippen LogP contribution < -0.4 is 4.74 Å². The van der Waals surface area contributed by atoms with Crippen LogP contribution in [0.3, 0.4) is 0 Å². The third-order valence-corrected chi connectivity index (χ3v) is 6.93. The first-order valence-electron chi connectivity index (χ1n) is 9.23. The number of fused-ring (bicyclic) bond motifs is 1. The molecule has 1 aliphatic heterocycles. The molecule has 1 saturated heterocycles. The average Bonchev–Trinajstić information content (AvgIpc) is 3.10. The van der Waals surface area contributed by atoms with Crippen LogP contribution in [0.4, 0.5) is 0 Å². The van der Waals surface area contributed by atoms with Crippen LogP contribution in [0.2, 0.25) is 0 Å². The lowest BCUT2D eigenvalue weighted by molar-refractivity contribution is 0.113. The molecule has 2 heterocycles. The molecule has 0 saturated carbocycles. The molecule has 4 rings (SSSR count). The zero-order valence-corrected chi connectivity index (χ0v) is 16.4. The molecule has 27 heavy (non-hydrogen) atoms. The molecule has 6 heteroatoms. The number of hydrogen-bond donors (Lipinski definition) is 0. The molecule has 0 amide bonds. The summed E-state index contributed by atoms with van der Waals surface area (Å²) in [5, 5.41) is 0.899. The summed E-state index contributed by atoms with van der Waals surface area (Å²) in [4.78, 5) is 2.53. The van der Waals surface area contributed by atoms with Crippen LogP contribution in [0.25, 0.3) is 10.9 Å². The number of likely N-dealkylation sites (tertiary alicyclic amines) is 1. The van der Waals surface area contributed by atoms with Gasteiger partial charge < -0.3 is 9.64 Å². The quantitative estimate of drug-likeness (QED) is 0.689. The zero-order chi connectivity index (χ0) is 19.0. The first-order chi connectivity index (χ1) is 12.9. The van der Waals surface area contributed by atoms with E-state index in [9.17, 15) is 8.42 Å². The first kappa shape index (κ1) is 18.1. The van der Waals surface area contributed by atoms with Crippen molar-refractivity contribution in [1.29, 1.82) is 0 Å². The fraction of sp³-hybridized carbons (Fsp3) is 0.333. The van der Waals surface area contributed by atoms with E-state index in [4.69, 9.17) is 4.74 Å². The monoisotopic (exact) mass is 384 g/mol. The molecule has 0 spiro atoms. The lowest BCUT2D eigenvalue weighted by Crippen LogP contribution is -2.35. The van der Waals surface area contributed by atoms with Gasteiger partial charge in [-0.1, -0.05) is 24.3 Å². The van der Waals surface area contributed by atoms with Gasteiger partial charge in [0.25, 0.3) is 10.0 Å². The maximum atomic E-state index is 13.2. The number of para-hydroxylation sites is 1. The molecule has 0 aliphatic carbocycles. The topological polar surface area (TPSA) is 51.5 Å². The van der Waals surface area contributed by atoms with E-state index in [-0.39, 0.29) is 11.0 Å². The van der Waals surface area contributed by atoms with Gasteiger partial charge in [0.15, 0.2) is 0 Å². The minimum Gasteiger partial charge on any atom is -0.490 e. The van der Waals surface area contributed by atoms with Gasteiger partial charge in [-0.25, -0.2) is 12.4 Å². The summed E-state index contributed by atoms with van der Waals surface area (Å²) in [7, 11) is -1.58. The van der Waals surface area contributed by atoms with Crippen LogP contribution in [-0.2, 0) is 10.0 Å². The Balaban J connectivity index is 1.67. The molecule has 3 aromatic rings. The Hall–Kier alpha value is -2.31. The van der Waals surface area contributed by atoms with Crippen LogP contribution >= 0.6 is 0 Å². The molecule has 0 atom stereocenters. The normalized spacial score (nSPS) is 16.7. The highest BCUT2D eigenvalue weighted by Gasteiger charge is 2.22. The van der Waals surface area contributed by atoms with Crippen molar-refractivity contribution in [3.05, 3.63) is 60.3 Å². The second-order valence-corrected chi connectivity index (χ2v) is 9.04. The smallest absolute Gasteiger partial charge is 0.268 e. The SMILES string of the molecule is Cc1ccc(S(=O)(=O)n2ccc3ccccc32)cc1OC1CCN(C)CC1. The van der Waals surface area contributed by atoms with Crippen molar-refractivity contribution in [3.8, 4) is 5.75 Å². The number of aromatic nitrogens is 1. The molecule has 0 bridgehead atoms. The van der Waals surface area contributed by atoms with Gasteiger partial charge in [-0.15, -0.1) is 0 Å². The standard InChI is InChI=1S/C21H24N2O3S/c1-16-7-8-19(15-21(16)26-18-10-12-22(2)13-11-18)27(24,25)23-14-9-17-5-3-4-6-20(17)23/h3-9,14-15,18H,10-13H2,1-2H3. The number of ether oxygens (including phenoxy) is 1. The summed E-state index contributed by atoms with van der Waals surface area (Å²) in [6.45, 7) is 3.94. The lowest BCUT2D eigenvalue weighted by atomic mass is 10.1. The number of rotatable bonds is 4. The average molecular weight is 385 g/mol. The van der Waals surface area contributed by atoms with Gasteiger partial charge in [0, 0.05) is 30.7 Å².